The summed E-state index contributed by atoms with van der Waals surface area (Å²) in [5.74, 6) is -0.164. The van der Waals surface area contributed by atoms with Gasteiger partial charge in [0.1, 0.15) is 0 Å². The van der Waals surface area contributed by atoms with Gasteiger partial charge < -0.3 is 15.5 Å². The van der Waals surface area contributed by atoms with Crippen LogP contribution in [0.5, 0.6) is 0 Å². The molecule has 0 radical (unpaired) electrons. The monoisotopic (exact) mass is 579 g/mol. The second-order valence-electron chi connectivity index (χ2n) is 10.5. The van der Waals surface area contributed by atoms with E-state index in [9.17, 15) is 15.0 Å². The Morgan fingerprint density at radius 1 is 0.595 bits per heavy atom. The highest BCUT2D eigenvalue weighted by Gasteiger charge is 2.17. The quantitative estimate of drug-likeness (QED) is 0.0670. The van der Waals surface area contributed by atoms with E-state index in [4.69, 9.17) is 0 Å². The number of aliphatic hydroxyl groups is 2. The van der Waals surface area contributed by atoms with Crippen molar-refractivity contribution in [2.24, 2.45) is 0 Å². The van der Waals surface area contributed by atoms with Crippen molar-refractivity contribution < 1.29 is 15.0 Å². The molecule has 42 heavy (non-hydrogen) atoms. The molecule has 0 fully saturated rings. The number of allylic oxidation sites excluding steroid dienone is 15. The van der Waals surface area contributed by atoms with Gasteiger partial charge in [-0.25, -0.2) is 0 Å². The molecule has 4 nitrogen and oxygen atoms in total. The van der Waals surface area contributed by atoms with Crippen molar-refractivity contribution in [3.05, 3.63) is 97.2 Å². The molecule has 2 unspecified atom stereocenters. The minimum Gasteiger partial charge on any atom is -0.394 e. The third-order valence-corrected chi connectivity index (χ3v) is 6.56. The van der Waals surface area contributed by atoms with Crippen molar-refractivity contribution in [3.8, 4) is 0 Å². The van der Waals surface area contributed by atoms with E-state index in [1.165, 1.54) is 32.1 Å². The molecular formula is C38H61NO3. The zero-order valence-electron chi connectivity index (χ0n) is 26.7. The number of rotatable bonds is 27. The maximum atomic E-state index is 12.2. The molecule has 0 aromatic rings. The molecule has 0 aromatic heterocycles. The smallest absolute Gasteiger partial charge is 0.220 e. The van der Waals surface area contributed by atoms with E-state index in [2.05, 4.69) is 98.2 Å². The lowest BCUT2D eigenvalue weighted by molar-refractivity contribution is -0.122. The van der Waals surface area contributed by atoms with Crippen molar-refractivity contribution in [1.82, 2.24) is 5.32 Å². The van der Waals surface area contributed by atoms with E-state index in [-0.39, 0.29) is 12.5 Å². The van der Waals surface area contributed by atoms with Crippen LogP contribution >= 0.6 is 0 Å². The van der Waals surface area contributed by atoms with Crippen molar-refractivity contribution in [3.63, 3.8) is 0 Å². The largest absolute Gasteiger partial charge is 0.394 e. The summed E-state index contributed by atoms with van der Waals surface area (Å²) in [5.41, 5.74) is 0. The van der Waals surface area contributed by atoms with E-state index < -0.39 is 12.1 Å². The zero-order valence-corrected chi connectivity index (χ0v) is 26.7. The van der Waals surface area contributed by atoms with Crippen molar-refractivity contribution in [1.29, 1.82) is 0 Å². The van der Waals surface area contributed by atoms with E-state index in [0.717, 1.165) is 57.8 Å². The molecule has 0 aliphatic heterocycles. The van der Waals surface area contributed by atoms with Gasteiger partial charge in [0.2, 0.25) is 5.91 Å². The number of hydrogen-bond acceptors (Lipinski definition) is 3. The van der Waals surface area contributed by atoms with Gasteiger partial charge in [0.25, 0.3) is 0 Å². The molecule has 1 amide bonds. The summed E-state index contributed by atoms with van der Waals surface area (Å²) in [6, 6.07) is -0.683. The van der Waals surface area contributed by atoms with Crippen LogP contribution in [0.25, 0.3) is 0 Å². The van der Waals surface area contributed by atoms with E-state index in [1.54, 1.807) is 6.08 Å². The van der Waals surface area contributed by atoms with Crippen LogP contribution in [0.15, 0.2) is 97.2 Å². The molecule has 0 aliphatic rings. The third kappa shape index (κ3) is 28.8. The van der Waals surface area contributed by atoms with Crippen LogP contribution in [-0.2, 0) is 4.79 Å². The minimum atomic E-state index is -0.896. The molecule has 0 bridgehead atoms. The van der Waals surface area contributed by atoms with E-state index in [1.807, 2.05) is 12.2 Å². The second-order valence-corrected chi connectivity index (χ2v) is 10.5. The van der Waals surface area contributed by atoms with Gasteiger partial charge in [0.15, 0.2) is 0 Å². The third-order valence-electron chi connectivity index (χ3n) is 6.56. The van der Waals surface area contributed by atoms with Gasteiger partial charge in [-0.3, -0.25) is 4.79 Å². The topological polar surface area (TPSA) is 69.6 Å². The summed E-state index contributed by atoms with van der Waals surface area (Å²) in [7, 11) is 0. The normalized spacial score (nSPS) is 14.5. The molecule has 0 heterocycles. The standard InChI is InChI=1S/C38H61NO3/c1-3-5-7-9-11-13-15-16-17-18-19-20-21-22-24-26-28-30-32-34-38(42)39-36(35-40)37(41)33-31-29-27-25-23-14-12-10-8-6-4-2/h5,7,11,13,16-17,19-20,22-25,28,30-31,33,36-37,40-41H,3-4,6,8-10,12,14-15,18,21,26-27,29,32,34-35H2,1-2H3,(H,39,42)/b7-5-,13-11-,17-16-,20-19-,24-22-,25-23+,30-28-,33-31+. The van der Waals surface area contributed by atoms with Crippen LogP contribution in [0.1, 0.15) is 117 Å². The first-order valence-corrected chi connectivity index (χ1v) is 16.5. The molecule has 0 aliphatic carbocycles. The number of carbonyl (C=O) groups excluding carboxylic acids is 1. The summed E-state index contributed by atoms with van der Waals surface area (Å²) in [5, 5.41) is 22.7. The Morgan fingerprint density at radius 3 is 1.62 bits per heavy atom. The Morgan fingerprint density at radius 2 is 1.07 bits per heavy atom. The average molecular weight is 580 g/mol. The fraction of sp³-hybridized carbons (Fsp3) is 0.553. The molecule has 236 valence electrons. The highest BCUT2D eigenvalue weighted by atomic mass is 16.3. The first-order chi connectivity index (χ1) is 20.7. The van der Waals surface area contributed by atoms with Gasteiger partial charge in [-0.2, -0.15) is 0 Å². The Bertz CT molecular complexity index is 844. The summed E-state index contributed by atoms with van der Waals surface area (Å²) < 4.78 is 0. The summed E-state index contributed by atoms with van der Waals surface area (Å²) in [6.07, 6.45) is 49.2. The molecular weight excluding hydrogens is 518 g/mol. The molecule has 2 atom stereocenters. The SMILES string of the molecule is CC/C=C\C/C=C\C/C=C\C/C=C\C/C=C\C/C=C\CCC(=O)NC(CO)C(O)/C=C/CC/C=C/CCCCCCC. The summed E-state index contributed by atoms with van der Waals surface area (Å²) >= 11 is 0. The predicted molar refractivity (Wildman–Crippen MR) is 183 cm³/mol. The Labute approximate surface area is 258 Å². The number of aliphatic hydroxyl groups excluding tert-OH is 2. The van der Waals surface area contributed by atoms with Gasteiger partial charge in [-0.05, 0) is 70.6 Å². The summed E-state index contributed by atoms with van der Waals surface area (Å²) in [6.45, 7) is 4.08. The van der Waals surface area contributed by atoms with Crippen molar-refractivity contribution in [2.75, 3.05) is 6.61 Å². The molecule has 3 N–H and O–H groups in total. The molecule has 0 aromatic carbocycles. The van der Waals surface area contributed by atoms with Crippen LogP contribution in [0.3, 0.4) is 0 Å². The second kappa shape index (κ2) is 32.8. The lowest BCUT2D eigenvalue weighted by atomic mass is 10.1. The molecule has 0 spiro atoms. The van der Waals surface area contributed by atoms with Crippen LogP contribution in [0, 0.1) is 0 Å². The number of carbonyl (C=O) groups is 1. The van der Waals surface area contributed by atoms with Crippen molar-refractivity contribution >= 4 is 5.91 Å². The molecule has 0 saturated heterocycles. The number of nitrogens with one attached hydrogen (secondary N) is 1. The van der Waals surface area contributed by atoms with E-state index >= 15 is 0 Å². The fourth-order valence-corrected chi connectivity index (χ4v) is 4.04. The zero-order chi connectivity index (χ0) is 30.8. The highest BCUT2D eigenvalue weighted by Crippen LogP contribution is 2.06. The van der Waals surface area contributed by atoms with Crippen LogP contribution < -0.4 is 5.32 Å². The average Bonchev–Trinajstić information content (AvgIpc) is 2.99. The van der Waals surface area contributed by atoms with Crippen LogP contribution in [0.2, 0.25) is 0 Å². The lowest BCUT2D eigenvalue weighted by Gasteiger charge is -2.19. The predicted octanol–water partition coefficient (Wildman–Crippen LogP) is 9.56. The molecule has 0 rings (SSSR count). The lowest BCUT2D eigenvalue weighted by Crippen LogP contribution is -2.45. The minimum absolute atomic E-state index is 0.164. The maximum absolute atomic E-state index is 12.2. The first-order valence-electron chi connectivity index (χ1n) is 16.5. The fourth-order valence-electron chi connectivity index (χ4n) is 4.04. The number of amides is 1. The highest BCUT2D eigenvalue weighted by molar-refractivity contribution is 5.76. The van der Waals surface area contributed by atoms with E-state index in [0.29, 0.717) is 12.8 Å². The van der Waals surface area contributed by atoms with Crippen LogP contribution in [0.4, 0.5) is 0 Å². The van der Waals surface area contributed by atoms with Gasteiger partial charge in [0, 0.05) is 6.42 Å². The van der Waals surface area contributed by atoms with Crippen LogP contribution in [-0.4, -0.2) is 34.9 Å². The molecule has 0 saturated carbocycles. The van der Waals surface area contributed by atoms with Gasteiger partial charge in [-0.1, -0.05) is 137 Å². The first kappa shape index (κ1) is 39.3. The van der Waals surface area contributed by atoms with Gasteiger partial charge in [0.05, 0.1) is 18.8 Å². The van der Waals surface area contributed by atoms with Gasteiger partial charge in [-0.15, -0.1) is 0 Å². The number of hydrogen-bond donors (Lipinski definition) is 3. The Hall–Kier alpha value is -2.69. The summed E-state index contributed by atoms with van der Waals surface area (Å²) in [4.78, 5) is 12.2. The van der Waals surface area contributed by atoms with Crippen molar-refractivity contribution in [2.45, 2.75) is 129 Å². The van der Waals surface area contributed by atoms with Gasteiger partial charge >= 0.3 is 0 Å². The Balaban J connectivity index is 3.92. The number of unbranched alkanes of at least 4 members (excludes halogenated alkanes) is 6. The Kier molecular flexibility index (Phi) is 30.7. The molecule has 4 heteroatoms. The maximum Gasteiger partial charge on any atom is 0.220 e.